The number of carbonyl (C=O) groups excluding carboxylic acids is 1. The van der Waals surface area contributed by atoms with Gasteiger partial charge in [-0.1, -0.05) is 0 Å². The molecule has 0 spiro atoms. The van der Waals surface area contributed by atoms with Gasteiger partial charge in [-0.3, -0.25) is 9.48 Å². The van der Waals surface area contributed by atoms with Crippen LogP contribution in [0.15, 0.2) is 30.6 Å². The third-order valence-corrected chi connectivity index (χ3v) is 4.28. The second kappa shape index (κ2) is 7.00. The lowest BCUT2D eigenvalue weighted by Gasteiger charge is -2.32. The van der Waals surface area contributed by atoms with Crippen LogP contribution in [0, 0.1) is 0 Å². The zero-order valence-corrected chi connectivity index (χ0v) is 14.3. The predicted octanol–water partition coefficient (Wildman–Crippen LogP) is 1.26. The van der Waals surface area contributed by atoms with Gasteiger partial charge in [-0.15, -0.1) is 0 Å². The van der Waals surface area contributed by atoms with Gasteiger partial charge in [-0.05, 0) is 38.7 Å². The zero-order valence-electron chi connectivity index (χ0n) is 14.3. The smallest absolute Gasteiger partial charge is 0.259 e. The first kappa shape index (κ1) is 16.4. The van der Waals surface area contributed by atoms with Crippen LogP contribution >= 0.6 is 0 Å². The van der Waals surface area contributed by atoms with Gasteiger partial charge in [0.2, 0.25) is 5.88 Å². The van der Waals surface area contributed by atoms with Gasteiger partial charge >= 0.3 is 0 Å². The van der Waals surface area contributed by atoms with Gasteiger partial charge in [-0.25, -0.2) is 4.98 Å². The second-order valence-corrected chi connectivity index (χ2v) is 6.24. The number of fused-ring (bicyclic) bond motifs is 1. The van der Waals surface area contributed by atoms with Crippen LogP contribution in [0.5, 0.6) is 5.88 Å². The number of aryl methyl sites for hydroxylation is 1. The molecule has 24 heavy (non-hydrogen) atoms. The number of aromatic nitrogens is 3. The zero-order chi connectivity index (χ0) is 17.1. The van der Waals surface area contributed by atoms with E-state index in [0.717, 1.165) is 25.2 Å². The molecule has 7 nitrogen and oxygen atoms in total. The molecule has 1 aliphatic rings. The summed E-state index contributed by atoms with van der Waals surface area (Å²) in [7, 11) is 5.58. The number of amides is 1. The molecular weight excluding hydrogens is 306 g/mol. The maximum absolute atomic E-state index is 13.2. The Bertz CT molecular complexity index is 713. The van der Waals surface area contributed by atoms with Gasteiger partial charge in [0.1, 0.15) is 5.56 Å². The summed E-state index contributed by atoms with van der Waals surface area (Å²) < 4.78 is 7.26. The molecule has 0 aliphatic carbocycles. The SMILES string of the molecule is COc1ncccc1C(=O)N1Cc2ccnn2CCC1CN(C)C. The van der Waals surface area contributed by atoms with Crippen LogP contribution in [0.4, 0.5) is 0 Å². The molecule has 128 valence electrons. The first-order valence-electron chi connectivity index (χ1n) is 8.05. The van der Waals surface area contributed by atoms with Gasteiger partial charge in [-0.2, -0.15) is 5.10 Å². The summed E-state index contributed by atoms with van der Waals surface area (Å²) in [6.07, 6.45) is 4.28. The highest BCUT2D eigenvalue weighted by Gasteiger charge is 2.30. The van der Waals surface area contributed by atoms with E-state index in [-0.39, 0.29) is 11.9 Å². The molecule has 0 saturated heterocycles. The summed E-state index contributed by atoms with van der Waals surface area (Å²) in [6.45, 7) is 2.16. The van der Waals surface area contributed by atoms with Crippen molar-refractivity contribution < 1.29 is 9.53 Å². The van der Waals surface area contributed by atoms with Gasteiger partial charge in [0.05, 0.1) is 19.3 Å². The minimum atomic E-state index is -0.0542. The Morgan fingerprint density at radius 3 is 2.96 bits per heavy atom. The standard InChI is InChI=1S/C17H23N5O2/c1-20(2)11-13-7-10-22-14(6-9-19-22)12-21(13)17(23)15-5-4-8-18-16(15)24-3/h4-6,8-9,13H,7,10-12H2,1-3H3. The fourth-order valence-corrected chi connectivity index (χ4v) is 3.15. The molecule has 7 heteroatoms. The van der Waals surface area contributed by atoms with E-state index in [1.165, 1.54) is 7.11 Å². The maximum Gasteiger partial charge on any atom is 0.259 e. The number of pyridine rings is 1. The molecule has 1 amide bonds. The number of hydrogen-bond acceptors (Lipinski definition) is 5. The van der Waals surface area contributed by atoms with Crippen molar-refractivity contribution in [3.05, 3.63) is 41.9 Å². The van der Waals surface area contributed by atoms with E-state index in [0.29, 0.717) is 18.0 Å². The second-order valence-electron chi connectivity index (χ2n) is 6.24. The number of rotatable bonds is 4. The van der Waals surface area contributed by atoms with E-state index in [1.54, 1.807) is 24.5 Å². The first-order valence-corrected chi connectivity index (χ1v) is 8.05. The third kappa shape index (κ3) is 3.26. The Balaban J connectivity index is 1.94. The molecule has 2 aromatic rings. The van der Waals surface area contributed by atoms with Crippen LogP contribution in [-0.4, -0.2) is 64.3 Å². The van der Waals surface area contributed by atoms with E-state index in [4.69, 9.17) is 4.74 Å². The highest BCUT2D eigenvalue weighted by atomic mass is 16.5. The van der Waals surface area contributed by atoms with Crippen molar-refractivity contribution in [3.8, 4) is 5.88 Å². The summed E-state index contributed by atoms with van der Waals surface area (Å²) in [5.41, 5.74) is 1.55. The lowest BCUT2D eigenvalue weighted by Crippen LogP contribution is -2.44. The molecular formula is C17H23N5O2. The molecule has 0 N–H and O–H groups in total. The van der Waals surface area contributed by atoms with E-state index in [9.17, 15) is 4.79 Å². The molecule has 0 aromatic carbocycles. The highest BCUT2D eigenvalue weighted by molar-refractivity contribution is 5.96. The number of hydrogen-bond donors (Lipinski definition) is 0. The normalized spacial score (nSPS) is 17.5. The van der Waals surface area contributed by atoms with Crippen molar-refractivity contribution in [2.75, 3.05) is 27.7 Å². The topological polar surface area (TPSA) is 63.5 Å². The van der Waals surface area contributed by atoms with Crippen molar-refractivity contribution in [2.45, 2.75) is 25.6 Å². The summed E-state index contributed by atoms with van der Waals surface area (Å²) in [6, 6.07) is 5.61. The van der Waals surface area contributed by atoms with Gasteiger partial charge in [0.25, 0.3) is 5.91 Å². The summed E-state index contributed by atoms with van der Waals surface area (Å²) in [4.78, 5) is 21.4. The number of ether oxygens (including phenoxy) is 1. The molecule has 0 radical (unpaired) electrons. The van der Waals surface area contributed by atoms with Crippen molar-refractivity contribution in [2.24, 2.45) is 0 Å². The molecule has 3 heterocycles. The quantitative estimate of drug-likeness (QED) is 0.845. The van der Waals surface area contributed by atoms with E-state index >= 15 is 0 Å². The van der Waals surface area contributed by atoms with Crippen molar-refractivity contribution in [1.82, 2.24) is 24.6 Å². The molecule has 0 fully saturated rings. The Labute approximate surface area is 141 Å². The van der Waals surface area contributed by atoms with Crippen LogP contribution in [0.25, 0.3) is 0 Å². The lowest BCUT2D eigenvalue weighted by molar-refractivity contribution is 0.0622. The van der Waals surface area contributed by atoms with E-state index < -0.39 is 0 Å². The Morgan fingerprint density at radius 2 is 2.21 bits per heavy atom. The van der Waals surface area contributed by atoms with E-state index in [1.807, 2.05) is 29.7 Å². The summed E-state index contributed by atoms with van der Waals surface area (Å²) in [5, 5.41) is 4.36. The van der Waals surface area contributed by atoms with Crippen LogP contribution in [0.2, 0.25) is 0 Å². The number of likely N-dealkylation sites (N-methyl/N-ethyl adjacent to an activating group) is 1. The predicted molar refractivity (Wildman–Crippen MR) is 89.8 cm³/mol. The van der Waals surface area contributed by atoms with E-state index in [2.05, 4.69) is 15.0 Å². The van der Waals surface area contributed by atoms with Crippen LogP contribution in [0.3, 0.4) is 0 Å². The van der Waals surface area contributed by atoms with Crippen molar-refractivity contribution >= 4 is 5.91 Å². The van der Waals surface area contributed by atoms with Crippen molar-refractivity contribution in [1.29, 1.82) is 0 Å². The minimum Gasteiger partial charge on any atom is -0.480 e. The summed E-state index contributed by atoms with van der Waals surface area (Å²) >= 11 is 0. The van der Waals surface area contributed by atoms with Gasteiger partial charge in [0, 0.05) is 31.5 Å². The molecule has 1 aliphatic heterocycles. The fourth-order valence-electron chi connectivity index (χ4n) is 3.15. The molecule has 2 aromatic heterocycles. The van der Waals surface area contributed by atoms with Crippen LogP contribution in [-0.2, 0) is 13.1 Å². The average molecular weight is 329 g/mol. The minimum absolute atomic E-state index is 0.0542. The maximum atomic E-state index is 13.2. The van der Waals surface area contributed by atoms with Gasteiger partial charge < -0.3 is 14.5 Å². The number of nitrogens with zero attached hydrogens (tertiary/aromatic N) is 5. The molecule has 0 saturated carbocycles. The Morgan fingerprint density at radius 1 is 1.38 bits per heavy atom. The molecule has 1 atom stereocenters. The van der Waals surface area contributed by atoms with Crippen LogP contribution in [0.1, 0.15) is 22.5 Å². The molecule has 1 unspecified atom stereocenters. The number of methoxy groups -OCH3 is 1. The van der Waals surface area contributed by atoms with Gasteiger partial charge in [0.15, 0.2) is 0 Å². The Kier molecular flexibility index (Phi) is 4.80. The molecule has 3 rings (SSSR count). The number of carbonyl (C=O) groups is 1. The third-order valence-electron chi connectivity index (χ3n) is 4.28. The molecule has 0 bridgehead atoms. The monoisotopic (exact) mass is 329 g/mol. The Hall–Kier alpha value is -2.41. The van der Waals surface area contributed by atoms with Crippen molar-refractivity contribution in [3.63, 3.8) is 0 Å². The largest absolute Gasteiger partial charge is 0.480 e. The highest BCUT2D eigenvalue weighted by Crippen LogP contribution is 2.23. The average Bonchev–Trinajstić information content (AvgIpc) is 2.96. The lowest BCUT2D eigenvalue weighted by atomic mass is 10.1. The summed E-state index contributed by atoms with van der Waals surface area (Å²) in [5.74, 6) is 0.310. The first-order chi connectivity index (χ1) is 11.6. The van der Waals surface area contributed by atoms with Crippen LogP contribution < -0.4 is 4.74 Å². The fraction of sp³-hybridized carbons (Fsp3) is 0.471.